The molecule has 0 saturated carbocycles. The summed E-state index contributed by atoms with van der Waals surface area (Å²) in [5, 5.41) is 5.00. The minimum Gasteiger partial charge on any atom is -0.465 e. The molecule has 2 rings (SSSR count). The van der Waals surface area contributed by atoms with Gasteiger partial charge in [-0.25, -0.2) is 14.5 Å². The second-order valence-electron chi connectivity index (χ2n) is 3.81. The quantitative estimate of drug-likeness (QED) is 0.758. The zero-order chi connectivity index (χ0) is 12.3. The molecule has 0 bridgehead atoms. The maximum absolute atomic E-state index is 11.6. The summed E-state index contributed by atoms with van der Waals surface area (Å²) in [6, 6.07) is 1.65. The van der Waals surface area contributed by atoms with E-state index in [2.05, 4.69) is 17.0 Å². The van der Waals surface area contributed by atoms with Crippen molar-refractivity contribution in [1.82, 2.24) is 14.8 Å². The van der Waals surface area contributed by atoms with E-state index in [1.165, 1.54) is 7.11 Å². The molecule has 0 N–H and O–H groups in total. The Labute approximate surface area is 99.4 Å². The molecule has 0 fully saturated rings. The van der Waals surface area contributed by atoms with E-state index in [1.807, 2.05) is 4.68 Å². The summed E-state index contributed by atoms with van der Waals surface area (Å²) < 4.78 is 6.56. The summed E-state index contributed by atoms with van der Waals surface area (Å²) in [4.78, 5) is 15.8. The summed E-state index contributed by atoms with van der Waals surface area (Å²) in [6.45, 7) is 2.94. The summed E-state index contributed by atoms with van der Waals surface area (Å²) in [5.74, 6) is -0.354. The lowest BCUT2D eigenvalue weighted by Crippen LogP contribution is -2.04. The number of ether oxygens (including phenoxy) is 1. The molecule has 5 heteroatoms. The van der Waals surface area contributed by atoms with Crippen molar-refractivity contribution in [1.29, 1.82) is 0 Å². The zero-order valence-electron chi connectivity index (χ0n) is 10.0. The molecule has 0 spiro atoms. The second-order valence-corrected chi connectivity index (χ2v) is 3.81. The Kier molecular flexibility index (Phi) is 3.37. The van der Waals surface area contributed by atoms with Crippen LogP contribution in [-0.2, 0) is 11.3 Å². The van der Waals surface area contributed by atoms with Gasteiger partial charge in [-0.05, 0) is 12.5 Å². The van der Waals surface area contributed by atoms with Crippen LogP contribution in [0.25, 0.3) is 11.0 Å². The van der Waals surface area contributed by atoms with Crippen molar-refractivity contribution in [3.8, 4) is 0 Å². The predicted molar refractivity (Wildman–Crippen MR) is 63.8 cm³/mol. The first-order valence-electron chi connectivity index (χ1n) is 5.66. The van der Waals surface area contributed by atoms with Crippen LogP contribution in [0.4, 0.5) is 0 Å². The average molecular weight is 233 g/mol. The summed E-state index contributed by atoms with van der Waals surface area (Å²) in [7, 11) is 1.37. The van der Waals surface area contributed by atoms with E-state index in [9.17, 15) is 4.79 Å². The Morgan fingerprint density at radius 3 is 3.06 bits per heavy atom. The molecule has 2 aromatic rings. The van der Waals surface area contributed by atoms with Crippen molar-refractivity contribution in [3.63, 3.8) is 0 Å². The van der Waals surface area contributed by atoms with Crippen LogP contribution in [0.15, 0.2) is 18.5 Å². The number of hydrogen-bond acceptors (Lipinski definition) is 4. The third-order valence-electron chi connectivity index (χ3n) is 2.67. The molecule has 90 valence electrons. The summed E-state index contributed by atoms with van der Waals surface area (Å²) in [5.41, 5.74) is 1.25. The highest BCUT2D eigenvalue weighted by atomic mass is 16.5. The average Bonchev–Trinajstić information content (AvgIpc) is 2.78. The van der Waals surface area contributed by atoms with E-state index < -0.39 is 0 Å². The lowest BCUT2D eigenvalue weighted by atomic mass is 10.2. The molecule has 0 atom stereocenters. The molecule has 2 heterocycles. The third-order valence-corrected chi connectivity index (χ3v) is 2.67. The molecule has 0 unspecified atom stereocenters. The molecular weight excluding hydrogens is 218 g/mol. The first-order valence-corrected chi connectivity index (χ1v) is 5.66. The van der Waals surface area contributed by atoms with Gasteiger partial charge in [0.2, 0.25) is 0 Å². The molecule has 0 radical (unpaired) electrons. The van der Waals surface area contributed by atoms with Crippen LogP contribution >= 0.6 is 0 Å². The smallest absolute Gasteiger partial charge is 0.338 e. The van der Waals surface area contributed by atoms with Crippen LogP contribution in [-0.4, -0.2) is 27.8 Å². The Bertz CT molecular complexity index is 534. The minimum atomic E-state index is -0.354. The first-order chi connectivity index (χ1) is 8.27. The van der Waals surface area contributed by atoms with Gasteiger partial charge in [-0.1, -0.05) is 13.3 Å². The monoisotopic (exact) mass is 233 g/mol. The van der Waals surface area contributed by atoms with Gasteiger partial charge in [-0.2, -0.15) is 5.10 Å². The first kappa shape index (κ1) is 11.6. The number of aryl methyl sites for hydroxylation is 1. The van der Waals surface area contributed by atoms with Gasteiger partial charge in [-0.3, -0.25) is 0 Å². The third kappa shape index (κ3) is 2.13. The highest BCUT2D eigenvalue weighted by molar-refractivity contribution is 6.02. The van der Waals surface area contributed by atoms with E-state index in [0.717, 1.165) is 30.4 Å². The van der Waals surface area contributed by atoms with Crippen LogP contribution in [0, 0.1) is 0 Å². The molecule has 0 saturated heterocycles. The standard InChI is InChI=1S/C12H15N3O2/c1-3-4-7-15-11-10(8-14-15)9(5-6-13-11)12(16)17-2/h5-6,8H,3-4,7H2,1-2H3. The van der Waals surface area contributed by atoms with Gasteiger partial charge in [0, 0.05) is 12.7 Å². The van der Waals surface area contributed by atoms with Gasteiger partial charge >= 0.3 is 5.97 Å². The second kappa shape index (κ2) is 4.95. The van der Waals surface area contributed by atoms with Crippen LogP contribution in [0.3, 0.4) is 0 Å². The summed E-state index contributed by atoms with van der Waals surface area (Å²) in [6.07, 6.45) is 5.42. The van der Waals surface area contributed by atoms with Gasteiger partial charge in [0.25, 0.3) is 0 Å². The molecular formula is C12H15N3O2. The van der Waals surface area contributed by atoms with Crippen molar-refractivity contribution in [2.75, 3.05) is 7.11 Å². The fraction of sp³-hybridized carbons (Fsp3) is 0.417. The number of aromatic nitrogens is 3. The molecule has 0 aromatic carbocycles. The Balaban J connectivity index is 2.45. The van der Waals surface area contributed by atoms with E-state index in [0.29, 0.717) is 5.56 Å². The molecule has 2 aromatic heterocycles. The fourth-order valence-electron chi connectivity index (χ4n) is 1.74. The van der Waals surface area contributed by atoms with Crippen molar-refractivity contribution in [3.05, 3.63) is 24.0 Å². The molecule has 0 amide bonds. The number of unbranched alkanes of at least 4 members (excludes halogenated alkanes) is 1. The van der Waals surface area contributed by atoms with E-state index >= 15 is 0 Å². The van der Waals surface area contributed by atoms with Crippen LogP contribution < -0.4 is 0 Å². The lowest BCUT2D eigenvalue weighted by Gasteiger charge is -2.02. The van der Waals surface area contributed by atoms with Gasteiger partial charge in [0.15, 0.2) is 5.65 Å². The molecule has 5 nitrogen and oxygen atoms in total. The maximum atomic E-state index is 11.6. The lowest BCUT2D eigenvalue weighted by molar-refractivity contribution is 0.0603. The highest BCUT2D eigenvalue weighted by Gasteiger charge is 2.13. The number of nitrogens with zero attached hydrogens (tertiary/aromatic N) is 3. The normalized spacial score (nSPS) is 10.7. The SMILES string of the molecule is CCCCn1ncc2c(C(=O)OC)ccnc21. The number of carbonyl (C=O) groups excluding carboxylic acids is 1. The largest absolute Gasteiger partial charge is 0.465 e. The van der Waals surface area contributed by atoms with Gasteiger partial charge < -0.3 is 4.74 Å². The number of pyridine rings is 1. The van der Waals surface area contributed by atoms with Crippen LogP contribution in [0.2, 0.25) is 0 Å². The van der Waals surface area contributed by atoms with Crippen LogP contribution in [0.1, 0.15) is 30.1 Å². The molecule has 0 aliphatic rings. The van der Waals surface area contributed by atoms with Gasteiger partial charge in [0.05, 0.1) is 24.3 Å². The number of hydrogen-bond donors (Lipinski definition) is 0. The minimum absolute atomic E-state index is 0.354. The number of rotatable bonds is 4. The van der Waals surface area contributed by atoms with Crippen molar-refractivity contribution < 1.29 is 9.53 Å². The number of esters is 1. The van der Waals surface area contributed by atoms with E-state index in [1.54, 1.807) is 18.5 Å². The highest BCUT2D eigenvalue weighted by Crippen LogP contribution is 2.17. The molecule has 17 heavy (non-hydrogen) atoms. The maximum Gasteiger partial charge on any atom is 0.338 e. The van der Waals surface area contributed by atoms with Crippen molar-refractivity contribution >= 4 is 17.0 Å². The Hall–Kier alpha value is -1.91. The topological polar surface area (TPSA) is 57.0 Å². The Morgan fingerprint density at radius 1 is 1.53 bits per heavy atom. The Morgan fingerprint density at radius 2 is 2.35 bits per heavy atom. The number of carbonyl (C=O) groups is 1. The fourth-order valence-corrected chi connectivity index (χ4v) is 1.74. The zero-order valence-corrected chi connectivity index (χ0v) is 10.0. The summed E-state index contributed by atoms with van der Waals surface area (Å²) >= 11 is 0. The van der Waals surface area contributed by atoms with E-state index in [-0.39, 0.29) is 5.97 Å². The number of fused-ring (bicyclic) bond motifs is 1. The number of methoxy groups -OCH3 is 1. The molecule has 0 aliphatic carbocycles. The van der Waals surface area contributed by atoms with Gasteiger partial charge in [0.1, 0.15) is 0 Å². The van der Waals surface area contributed by atoms with Crippen LogP contribution in [0.5, 0.6) is 0 Å². The predicted octanol–water partition coefficient (Wildman–Crippen LogP) is 2.02. The van der Waals surface area contributed by atoms with Crippen molar-refractivity contribution in [2.45, 2.75) is 26.3 Å². The van der Waals surface area contributed by atoms with Crippen molar-refractivity contribution in [2.24, 2.45) is 0 Å². The molecule has 0 aliphatic heterocycles. The van der Waals surface area contributed by atoms with Gasteiger partial charge in [-0.15, -0.1) is 0 Å². The van der Waals surface area contributed by atoms with E-state index in [4.69, 9.17) is 4.74 Å².